The van der Waals surface area contributed by atoms with Gasteiger partial charge in [-0.3, -0.25) is 10.1 Å². The molecule has 2 N–H and O–H groups in total. The highest BCUT2D eigenvalue weighted by Gasteiger charge is 2.22. The number of hydrogen-bond donors (Lipinski definition) is 2. The summed E-state index contributed by atoms with van der Waals surface area (Å²) >= 11 is 0. The van der Waals surface area contributed by atoms with Gasteiger partial charge in [-0.15, -0.1) is 0 Å². The molecule has 1 amide bonds. The molecule has 0 radical (unpaired) electrons. The lowest BCUT2D eigenvalue weighted by Crippen LogP contribution is -2.42. The summed E-state index contributed by atoms with van der Waals surface area (Å²) in [7, 11) is 0. The number of hydrogen-bond acceptors (Lipinski definition) is 6. The number of carboxylic acid groups (broad SMARTS) is 1. The van der Waals surface area contributed by atoms with Gasteiger partial charge in [-0.1, -0.05) is 30.3 Å². The Kier molecular flexibility index (Phi) is 6.38. The molecule has 30 heavy (non-hydrogen) atoms. The normalized spacial score (nSPS) is 11.5. The Balaban J connectivity index is 1.60. The standard InChI is InChI=1S/C20H18N4O6/c25-19(26)18(22-20(27)30-12-14-4-2-1-3-5-14)10-15-11-23(13-21-15)16-6-8-17(9-7-16)24(28)29/h1-9,11,13,18H,10,12H2,(H,22,27)(H,25,26)/t18-/m0/s1. The fourth-order valence-electron chi connectivity index (χ4n) is 2.67. The monoisotopic (exact) mass is 410 g/mol. The van der Waals surface area contributed by atoms with Gasteiger partial charge in [0.25, 0.3) is 5.69 Å². The van der Waals surface area contributed by atoms with Crippen LogP contribution >= 0.6 is 0 Å². The van der Waals surface area contributed by atoms with Crippen molar-refractivity contribution in [2.45, 2.75) is 19.1 Å². The summed E-state index contributed by atoms with van der Waals surface area (Å²) in [5.41, 5.74) is 1.79. The van der Waals surface area contributed by atoms with E-state index in [0.717, 1.165) is 5.56 Å². The molecule has 10 nitrogen and oxygen atoms in total. The number of carboxylic acids is 1. The molecular formula is C20H18N4O6. The Labute approximate surface area is 170 Å². The number of nitro benzene ring substituents is 1. The zero-order chi connectivity index (χ0) is 21.5. The van der Waals surface area contributed by atoms with Gasteiger partial charge in [0.05, 0.1) is 16.9 Å². The molecule has 0 aliphatic carbocycles. The number of nitrogens with one attached hydrogen (secondary N) is 1. The van der Waals surface area contributed by atoms with Gasteiger partial charge in [0.1, 0.15) is 12.6 Å². The van der Waals surface area contributed by atoms with Gasteiger partial charge in [0.15, 0.2) is 0 Å². The molecule has 3 aromatic rings. The van der Waals surface area contributed by atoms with Crippen molar-refractivity contribution in [3.8, 4) is 5.69 Å². The third-order valence-electron chi connectivity index (χ3n) is 4.21. The Morgan fingerprint density at radius 3 is 2.50 bits per heavy atom. The number of nitrogens with zero attached hydrogens (tertiary/aromatic N) is 3. The summed E-state index contributed by atoms with van der Waals surface area (Å²) in [6, 6.07) is 13.6. The fraction of sp³-hybridized carbons (Fsp3) is 0.150. The van der Waals surface area contributed by atoms with Crippen LogP contribution in [0.3, 0.4) is 0 Å². The van der Waals surface area contributed by atoms with Crippen molar-refractivity contribution in [1.82, 2.24) is 14.9 Å². The minimum absolute atomic E-state index is 0.0216. The predicted octanol–water partition coefficient (Wildman–Crippen LogP) is 2.70. The van der Waals surface area contributed by atoms with E-state index in [1.165, 1.54) is 18.5 Å². The Bertz CT molecular complexity index is 1030. The first-order valence-electron chi connectivity index (χ1n) is 8.90. The summed E-state index contributed by atoms with van der Waals surface area (Å²) in [5, 5.41) is 22.5. The molecule has 0 spiro atoms. The topological polar surface area (TPSA) is 137 Å². The Morgan fingerprint density at radius 1 is 1.17 bits per heavy atom. The van der Waals surface area contributed by atoms with E-state index >= 15 is 0 Å². The molecule has 0 aliphatic rings. The van der Waals surface area contributed by atoms with Crippen molar-refractivity contribution in [1.29, 1.82) is 0 Å². The highest BCUT2D eigenvalue weighted by atomic mass is 16.6. The number of alkyl carbamates (subject to hydrolysis) is 1. The molecule has 0 saturated carbocycles. The number of carbonyl (C=O) groups is 2. The van der Waals surface area contributed by atoms with Crippen molar-refractivity contribution in [2.75, 3.05) is 0 Å². The van der Waals surface area contributed by atoms with Gasteiger partial charge in [0.2, 0.25) is 0 Å². The predicted molar refractivity (Wildman–Crippen MR) is 105 cm³/mol. The van der Waals surface area contributed by atoms with Gasteiger partial charge >= 0.3 is 12.1 Å². The van der Waals surface area contributed by atoms with E-state index in [2.05, 4.69) is 10.3 Å². The lowest BCUT2D eigenvalue weighted by molar-refractivity contribution is -0.384. The van der Waals surface area contributed by atoms with Gasteiger partial charge in [-0.2, -0.15) is 0 Å². The molecule has 2 aromatic carbocycles. The highest BCUT2D eigenvalue weighted by molar-refractivity contribution is 5.80. The number of benzene rings is 2. The van der Waals surface area contributed by atoms with Crippen LogP contribution in [0.1, 0.15) is 11.3 Å². The maximum atomic E-state index is 12.0. The minimum atomic E-state index is -1.23. The molecule has 0 saturated heterocycles. The highest BCUT2D eigenvalue weighted by Crippen LogP contribution is 2.16. The number of amides is 1. The van der Waals surface area contributed by atoms with Crippen LogP contribution in [0, 0.1) is 10.1 Å². The molecule has 0 bridgehead atoms. The molecular weight excluding hydrogens is 392 g/mol. The smallest absolute Gasteiger partial charge is 0.408 e. The molecule has 154 valence electrons. The second kappa shape index (κ2) is 9.32. The number of aliphatic carboxylic acids is 1. The number of imidazole rings is 1. The lowest BCUT2D eigenvalue weighted by atomic mass is 10.1. The Morgan fingerprint density at radius 2 is 1.87 bits per heavy atom. The number of non-ortho nitro benzene ring substituents is 1. The Hall–Kier alpha value is -4.21. The second-order valence-electron chi connectivity index (χ2n) is 6.35. The van der Waals surface area contributed by atoms with Gasteiger partial charge in [-0.05, 0) is 17.7 Å². The van der Waals surface area contributed by atoms with Crippen LogP contribution in [0.5, 0.6) is 0 Å². The van der Waals surface area contributed by atoms with Crippen LogP contribution in [-0.2, 0) is 22.6 Å². The van der Waals surface area contributed by atoms with E-state index in [0.29, 0.717) is 11.4 Å². The first-order chi connectivity index (χ1) is 14.4. The van der Waals surface area contributed by atoms with Crippen LogP contribution in [0.25, 0.3) is 5.69 Å². The minimum Gasteiger partial charge on any atom is -0.480 e. The molecule has 1 aromatic heterocycles. The molecule has 10 heteroatoms. The molecule has 1 heterocycles. The van der Waals surface area contributed by atoms with Gasteiger partial charge in [-0.25, -0.2) is 14.6 Å². The zero-order valence-corrected chi connectivity index (χ0v) is 15.7. The van der Waals surface area contributed by atoms with Gasteiger partial charge in [0, 0.05) is 30.4 Å². The number of aromatic nitrogens is 2. The van der Waals surface area contributed by atoms with Crippen LogP contribution in [-0.4, -0.2) is 37.7 Å². The average Bonchev–Trinajstić information content (AvgIpc) is 3.21. The summed E-state index contributed by atoms with van der Waals surface area (Å²) in [5.74, 6) is -1.23. The largest absolute Gasteiger partial charge is 0.480 e. The second-order valence-corrected chi connectivity index (χ2v) is 6.35. The third kappa shape index (κ3) is 5.41. The number of rotatable bonds is 8. The van der Waals surface area contributed by atoms with Crippen LogP contribution < -0.4 is 5.32 Å². The van der Waals surface area contributed by atoms with Crippen molar-refractivity contribution in [3.05, 3.63) is 88.5 Å². The molecule has 0 unspecified atom stereocenters. The third-order valence-corrected chi connectivity index (χ3v) is 4.21. The van der Waals surface area contributed by atoms with Crippen molar-refractivity contribution in [2.24, 2.45) is 0 Å². The van der Waals surface area contributed by atoms with E-state index in [1.54, 1.807) is 47.2 Å². The number of carbonyl (C=O) groups excluding carboxylic acids is 1. The van der Waals surface area contributed by atoms with Crippen LogP contribution in [0.4, 0.5) is 10.5 Å². The lowest BCUT2D eigenvalue weighted by Gasteiger charge is -2.13. The van der Waals surface area contributed by atoms with E-state index in [9.17, 15) is 24.8 Å². The fourth-order valence-corrected chi connectivity index (χ4v) is 2.67. The molecule has 3 rings (SSSR count). The molecule has 0 fully saturated rings. The number of ether oxygens (including phenoxy) is 1. The zero-order valence-electron chi connectivity index (χ0n) is 15.7. The quantitative estimate of drug-likeness (QED) is 0.430. The average molecular weight is 410 g/mol. The first kappa shape index (κ1) is 20.5. The van der Waals surface area contributed by atoms with Crippen LogP contribution in [0.15, 0.2) is 67.1 Å². The molecule has 0 aliphatic heterocycles. The summed E-state index contributed by atoms with van der Waals surface area (Å²) in [6.45, 7) is 0.0216. The van der Waals surface area contributed by atoms with E-state index < -0.39 is 23.0 Å². The van der Waals surface area contributed by atoms with Crippen molar-refractivity contribution < 1.29 is 24.4 Å². The van der Waals surface area contributed by atoms with Crippen molar-refractivity contribution >= 4 is 17.7 Å². The van der Waals surface area contributed by atoms with E-state index in [-0.39, 0.29) is 18.7 Å². The van der Waals surface area contributed by atoms with E-state index in [1.807, 2.05) is 6.07 Å². The summed E-state index contributed by atoms with van der Waals surface area (Å²) in [4.78, 5) is 37.9. The van der Waals surface area contributed by atoms with Gasteiger partial charge < -0.3 is 19.7 Å². The maximum absolute atomic E-state index is 12.0. The molecule has 1 atom stereocenters. The van der Waals surface area contributed by atoms with Crippen LogP contribution in [0.2, 0.25) is 0 Å². The van der Waals surface area contributed by atoms with E-state index in [4.69, 9.17) is 4.74 Å². The van der Waals surface area contributed by atoms with Crippen molar-refractivity contribution in [3.63, 3.8) is 0 Å². The SMILES string of the molecule is O=C(N[C@@H](Cc1cn(-c2ccc([N+](=O)[O-])cc2)cn1)C(=O)O)OCc1ccccc1. The first-order valence-corrected chi connectivity index (χ1v) is 8.90. The maximum Gasteiger partial charge on any atom is 0.408 e. The summed E-state index contributed by atoms with van der Waals surface area (Å²) < 4.78 is 6.66. The summed E-state index contributed by atoms with van der Waals surface area (Å²) in [6.07, 6.45) is 2.15. The number of nitro groups is 1.